The van der Waals surface area contributed by atoms with Gasteiger partial charge in [-0.25, -0.2) is 9.37 Å². The molecule has 2 N–H and O–H groups in total. The summed E-state index contributed by atoms with van der Waals surface area (Å²) < 4.78 is 19.8. The Hall–Kier alpha value is -3.13. The predicted octanol–water partition coefficient (Wildman–Crippen LogP) is 2.73. The Labute approximate surface area is 158 Å². The number of nitrogens with zero attached hydrogens (tertiary/aromatic N) is 2. The minimum Gasteiger partial charge on any atom is -0.484 e. The summed E-state index contributed by atoms with van der Waals surface area (Å²) in [5, 5.41) is 0.395. The quantitative estimate of drug-likeness (QED) is 0.632. The molecular formula is C18H16ClFN4O3. The van der Waals surface area contributed by atoms with E-state index in [2.05, 4.69) is 15.8 Å². The van der Waals surface area contributed by atoms with Crippen molar-refractivity contribution in [3.8, 4) is 5.75 Å². The minimum atomic E-state index is -0.574. The molecule has 0 saturated heterocycles. The molecule has 0 radical (unpaired) electrons. The first-order chi connectivity index (χ1) is 13.0. The Bertz CT molecular complexity index is 1050. The van der Waals surface area contributed by atoms with E-state index in [0.717, 1.165) is 6.07 Å². The average Bonchev–Trinajstić information content (AvgIpc) is 2.67. The van der Waals surface area contributed by atoms with Crippen molar-refractivity contribution in [1.82, 2.24) is 15.0 Å². The first kappa shape index (κ1) is 18.7. The Balaban J connectivity index is 1.68. The SMILES string of the molecule is CCn1c(NNC(=O)COc2ccc(F)c(Cl)c2)nc2ccccc2c1=O. The number of nitrogens with one attached hydrogen (secondary N) is 2. The van der Waals surface area contributed by atoms with Crippen LogP contribution < -0.4 is 21.1 Å². The first-order valence-electron chi connectivity index (χ1n) is 8.12. The Morgan fingerprint density at radius 2 is 2.07 bits per heavy atom. The molecule has 9 heteroatoms. The number of ether oxygens (including phenoxy) is 1. The number of rotatable bonds is 6. The lowest BCUT2D eigenvalue weighted by atomic mass is 10.2. The van der Waals surface area contributed by atoms with Crippen LogP contribution in [0.1, 0.15) is 6.92 Å². The van der Waals surface area contributed by atoms with E-state index in [4.69, 9.17) is 16.3 Å². The zero-order chi connectivity index (χ0) is 19.4. The zero-order valence-corrected chi connectivity index (χ0v) is 15.1. The molecule has 0 saturated carbocycles. The standard InChI is InChI=1S/C18H16ClFN4O3/c1-2-24-17(26)12-5-3-4-6-15(12)21-18(24)23-22-16(25)10-27-11-7-8-14(20)13(19)9-11/h3-9H,2,10H2,1H3,(H,21,23)(H,22,25). The number of carbonyl (C=O) groups excluding carboxylic acids is 1. The van der Waals surface area contributed by atoms with Gasteiger partial charge in [-0.3, -0.25) is 25.0 Å². The van der Waals surface area contributed by atoms with E-state index in [1.165, 1.54) is 16.7 Å². The highest BCUT2D eigenvalue weighted by molar-refractivity contribution is 6.30. The molecule has 0 aliphatic carbocycles. The highest BCUT2D eigenvalue weighted by atomic mass is 35.5. The largest absolute Gasteiger partial charge is 0.484 e. The van der Waals surface area contributed by atoms with Crippen molar-refractivity contribution < 1.29 is 13.9 Å². The van der Waals surface area contributed by atoms with Gasteiger partial charge in [-0.05, 0) is 31.2 Å². The molecule has 3 aromatic rings. The third-order valence-electron chi connectivity index (χ3n) is 3.75. The van der Waals surface area contributed by atoms with Crippen LogP contribution in [0.15, 0.2) is 47.3 Å². The number of hydrogen-bond donors (Lipinski definition) is 2. The molecule has 7 nitrogen and oxygen atoms in total. The lowest BCUT2D eigenvalue weighted by Crippen LogP contribution is -2.37. The molecular weight excluding hydrogens is 375 g/mol. The maximum atomic E-state index is 13.1. The summed E-state index contributed by atoms with van der Waals surface area (Å²) in [5.41, 5.74) is 5.36. The summed E-state index contributed by atoms with van der Waals surface area (Å²) >= 11 is 5.66. The monoisotopic (exact) mass is 390 g/mol. The average molecular weight is 391 g/mol. The van der Waals surface area contributed by atoms with Crippen LogP contribution in [0.3, 0.4) is 0 Å². The van der Waals surface area contributed by atoms with Crippen LogP contribution in [0.4, 0.5) is 10.3 Å². The van der Waals surface area contributed by atoms with E-state index in [1.54, 1.807) is 31.2 Å². The van der Waals surface area contributed by atoms with E-state index in [1.807, 2.05) is 0 Å². The molecule has 0 atom stereocenters. The number of hydrazine groups is 1. The lowest BCUT2D eigenvalue weighted by Gasteiger charge is -2.14. The van der Waals surface area contributed by atoms with Gasteiger partial charge in [0.25, 0.3) is 11.5 Å². The number of para-hydroxylation sites is 1. The number of fused-ring (bicyclic) bond motifs is 1. The molecule has 27 heavy (non-hydrogen) atoms. The van der Waals surface area contributed by atoms with Gasteiger partial charge in [0.05, 0.1) is 15.9 Å². The first-order valence-corrected chi connectivity index (χ1v) is 8.49. The number of hydrogen-bond acceptors (Lipinski definition) is 5. The summed E-state index contributed by atoms with van der Waals surface area (Å²) in [7, 11) is 0. The smallest absolute Gasteiger partial charge is 0.276 e. The highest BCUT2D eigenvalue weighted by Crippen LogP contribution is 2.20. The number of anilines is 1. The fraction of sp³-hybridized carbons (Fsp3) is 0.167. The number of amides is 1. The molecule has 1 amide bonds. The molecule has 3 rings (SSSR count). The fourth-order valence-corrected chi connectivity index (χ4v) is 2.60. The summed E-state index contributed by atoms with van der Waals surface area (Å²) in [6, 6.07) is 10.7. The van der Waals surface area contributed by atoms with Crippen molar-refractivity contribution in [3.63, 3.8) is 0 Å². The van der Waals surface area contributed by atoms with Crippen LogP contribution >= 0.6 is 11.6 Å². The molecule has 0 bridgehead atoms. The van der Waals surface area contributed by atoms with Crippen molar-refractivity contribution in [2.24, 2.45) is 0 Å². The van der Waals surface area contributed by atoms with Gasteiger partial charge < -0.3 is 4.74 Å². The van der Waals surface area contributed by atoms with Crippen LogP contribution in [-0.2, 0) is 11.3 Å². The molecule has 0 aliphatic rings. The topological polar surface area (TPSA) is 85.2 Å². The summed E-state index contributed by atoms with van der Waals surface area (Å²) in [6.07, 6.45) is 0. The van der Waals surface area contributed by atoms with Gasteiger partial charge in [0.2, 0.25) is 5.95 Å². The van der Waals surface area contributed by atoms with Crippen LogP contribution in [0.25, 0.3) is 10.9 Å². The summed E-state index contributed by atoms with van der Waals surface area (Å²) in [4.78, 5) is 28.8. The minimum absolute atomic E-state index is 0.0987. The maximum Gasteiger partial charge on any atom is 0.276 e. The molecule has 0 aliphatic heterocycles. The highest BCUT2D eigenvalue weighted by Gasteiger charge is 2.11. The van der Waals surface area contributed by atoms with Gasteiger partial charge in [0.15, 0.2) is 6.61 Å². The second-order valence-corrected chi connectivity index (χ2v) is 5.95. The Morgan fingerprint density at radius 3 is 2.81 bits per heavy atom. The van der Waals surface area contributed by atoms with Crippen molar-refractivity contribution in [3.05, 3.63) is 63.7 Å². The van der Waals surface area contributed by atoms with Crippen molar-refractivity contribution in [1.29, 1.82) is 0 Å². The van der Waals surface area contributed by atoms with E-state index in [9.17, 15) is 14.0 Å². The molecule has 1 heterocycles. The van der Waals surface area contributed by atoms with Crippen molar-refractivity contribution >= 4 is 34.4 Å². The van der Waals surface area contributed by atoms with E-state index in [-0.39, 0.29) is 28.9 Å². The lowest BCUT2D eigenvalue weighted by molar-refractivity contribution is -0.122. The molecule has 2 aromatic carbocycles. The van der Waals surface area contributed by atoms with E-state index < -0.39 is 11.7 Å². The third kappa shape index (κ3) is 4.17. The van der Waals surface area contributed by atoms with Crippen molar-refractivity contribution in [2.45, 2.75) is 13.5 Å². The Kier molecular flexibility index (Phi) is 5.56. The maximum absolute atomic E-state index is 13.1. The third-order valence-corrected chi connectivity index (χ3v) is 4.04. The summed E-state index contributed by atoms with van der Waals surface area (Å²) in [6.45, 7) is 1.84. The predicted molar refractivity (Wildman–Crippen MR) is 100 cm³/mol. The second-order valence-electron chi connectivity index (χ2n) is 5.54. The van der Waals surface area contributed by atoms with E-state index in [0.29, 0.717) is 17.4 Å². The van der Waals surface area contributed by atoms with Gasteiger partial charge in [-0.2, -0.15) is 0 Å². The molecule has 0 spiro atoms. The number of carbonyl (C=O) groups is 1. The number of halogens is 2. The molecule has 0 unspecified atom stereocenters. The van der Waals surface area contributed by atoms with E-state index >= 15 is 0 Å². The van der Waals surface area contributed by atoms with Gasteiger partial charge in [0.1, 0.15) is 11.6 Å². The van der Waals surface area contributed by atoms with Gasteiger partial charge in [-0.15, -0.1) is 0 Å². The zero-order valence-electron chi connectivity index (χ0n) is 14.3. The van der Waals surface area contributed by atoms with Crippen molar-refractivity contribution in [2.75, 3.05) is 12.0 Å². The van der Waals surface area contributed by atoms with Crippen LogP contribution in [0.2, 0.25) is 5.02 Å². The van der Waals surface area contributed by atoms with Crippen LogP contribution in [-0.4, -0.2) is 22.1 Å². The van der Waals surface area contributed by atoms with Crippen LogP contribution in [0.5, 0.6) is 5.75 Å². The fourth-order valence-electron chi connectivity index (χ4n) is 2.43. The molecule has 0 fully saturated rings. The van der Waals surface area contributed by atoms with Gasteiger partial charge in [0, 0.05) is 12.6 Å². The van der Waals surface area contributed by atoms with Gasteiger partial charge >= 0.3 is 0 Å². The van der Waals surface area contributed by atoms with Gasteiger partial charge in [-0.1, -0.05) is 23.7 Å². The molecule has 140 valence electrons. The number of benzene rings is 2. The second kappa shape index (κ2) is 8.05. The van der Waals surface area contributed by atoms with Crippen LogP contribution in [0, 0.1) is 5.82 Å². The number of aromatic nitrogens is 2. The normalized spacial score (nSPS) is 10.6. The molecule has 1 aromatic heterocycles. The summed E-state index contributed by atoms with van der Waals surface area (Å²) in [5.74, 6) is -0.624. The Morgan fingerprint density at radius 1 is 1.30 bits per heavy atom.